The number of carbonyl (C=O) groups is 2. The van der Waals surface area contributed by atoms with Crippen molar-refractivity contribution in [1.29, 1.82) is 5.26 Å². The van der Waals surface area contributed by atoms with Gasteiger partial charge < -0.3 is 15.4 Å². The lowest BCUT2D eigenvalue weighted by molar-refractivity contribution is -0.114. The Morgan fingerprint density at radius 2 is 1.53 bits per heavy atom. The first-order chi connectivity index (χ1) is 16.3. The van der Waals surface area contributed by atoms with Crippen molar-refractivity contribution < 1.29 is 14.3 Å². The number of ether oxygens (including phenoxy) is 1. The van der Waals surface area contributed by atoms with E-state index in [0.29, 0.717) is 22.0 Å². The van der Waals surface area contributed by atoms with Crippen molar-refractivity contribution in [3.8, 4) is 11.8 Å². The van der Waals surface area contributed by atoms with Crippen LogP contribution in [0, 0.1) is 11.3 Å². The van der Waals surface area contributed by atoms with E-state index in [9.17, 15) is 14.9 Å². The maximum atomic E-state index is 12.6. The molecule has 0 saturated heterocycles. The highest BCUT2D eigenvalue weighted by Crippen LogP contribution is 2.36. The number of carbonyl (C=O) groups excluding carboxylic acids is 2. The van der Waals surface area contributed by atoms with Gasteiger partial charge in [0.05, 0.1) is 10.0 Å². The molecule has 172 valence electrons. The summed E-state index contributed by atoms with van der Waals surface area (Å²) in [5, 5.41) is 15.7. The Labute approximate surface area is 211 Å². The fraction of sp³-hybridized carbons (Fsp3) is 0.0800. The van der Waals surface area contributed by atoms with E-state index in [1.54, 1.807) is 42.5 Å². The Morgan fingerprint density at radius 3 is 2.09 bits per heavy atom. The number of rotatable bonds is 7. The summed E-state index contributed by atoms with van der Waals surface area (Å²) in [4.78, 5) is 23.7. The second kappa shape index (κ2) is 11.6. The molecule has 0 atom stereocenters. The SMILES string of the molecule is CC(=O)Nc1ccc(NC(=O)C(C#N)=Cc2cc(Cl)c(OCc3ccccc3Cl)c(Cl)c2)cc1. The topological polar surface area (TPSA) is 91.2 Å². The molecule has 0 unspecified atom stereocenters. The molecule has 0 radical (unpaired) electrons. The van der Waals surface area contributed by atoms with Gasteiger partial charge in [0.15, 0.2) is 5.75 Å². The first kappa shape index (κ1) is 25.1. The van der Waals surface area contributed by atoms with Crippen molar-refractivity contribution in [2.24, 2.45) is 0 Å². The Morgan fingerprint density at radius 1 is 0.941 bits per heavy atom. The molecular formula is C25H18Cl3N3O3. The zero-order valence-corrected chi connectivity index (χ0v) is 20.1. The van der Waals surface area contributed by atoms with E-state index in [1.165, 1.54) is 13.0 Å². The summed E-state index contributed by atoms with van der Waals surface area (Å²) in [5.74, 6) is -0.548. The van der Waals surface area contributed by atoms with Crippen molar-refractivity contribution in [2.75, 3.05) is 10.6 Å². The monoisotopic (exact) mass is 513 g/mol. The molecule has 0 spiro atoms. The summed E-state index contributed by atoms with van der Waals surface area (Å²) in [7, 11) is 0. The van der Waals surface area contributed by atoms with Gasteiger partial charge in [-0.05, 0) is 54.1 Å². The molecule has 0 saturated carbocycles. The molecular weight excluding hydrogens is 497 g/mol. The van der Waals surface area contributed by atoms with E-state index in [0.717, 1.165) is 5.56 Å². The zero-order chi connectivity index (χ0) is 24.7. The summed E-state index contributed by atoms with van der Waals surface area (Å²) in [6.07, 6.45) is 1.37. The van der Waals surface area contributed by atoms with Crippen LogP contribution in [0.4, 0.5) is 11.4 Å². The number of nitriles is 1. The number of benzene rings is 3. The zero-order valence-electron chi connectivity index (χ0n) is 17.9. The van der Waals surface area contributed by atoms with E-state index >= 15 is 0 Å². The van der Waals surface area contributed by atoms with Gasteiger partial charge in [0.1, 0.15) is 18.2 Å². The van der Waals surface area contributed by atoms with Gasteiger partial charge in [0.2, 0.25) is 5.91 Å². The van der Waals surface area contributed by atoms with Crippen molar-refractivity contribution >= 4 is 64.1 Å². The smallest absolute Gasteiger partial charge is 0.266 e. The average molecular weight is 515 g/mol. The van der Waals surface area contributed by atoms with Gasteiger partial charge in [-0.2, -0.15) is 5.26 Å². The maximum Gasteiger partial charge on any atom is 0.266 e. The van der Waals surface area contributed by atoms with Crippen LogP contribution in [0.25, 0.3) is 6.08 Å². The highest BCUT2D eigenvalue weighted by atomic mass is 35.5. The first-order valence-corrected chi connectivity index (χ1v) is 11.1. The van der Waals surface area contributed by atoms with Crippen LogP contribution >= 0.6 is 34.8 Å². The van der Waals surface area contributed by atoms with E-state index in [1.807, 2.05) is 24.3 Å². The molecule has 3 rings (SSSR count). The van der Waals surface area contributed by atoms with Crippen molar-refractivity contribution in [1.82, 2.24) is 0 Å². The lowest BCUT2D eigenvalue weighted by atomic mass is 10.1. The average Bonchev–Trinajstić information content (AvgIpc) is 2.79. The van der Waals surface area contributed by atoms with Gasteiger partial charge in [-0.25, -0.2) is 0 Å². The molecule has 0 aliphatic carbocycles. The second-order valence-corrected chi connectivity index (χ2v) is 8.30. The lowest BCUT2D eigenvalue weighted by Gasteiger charge is -2.12. The molecule has 0 aliphatic heterocycles. The maximum absolute atomic E-state index is 12.6. The van der Waals surface area contributed by atoms with Gasteiger partial charge in [-0.15, -0.1) is 0 Å². The molecule has 0 fully saturated rings. The summed E-state index contributed by atoms with van der Waals surface area (Å²) in [5.41, 5.74) is 2.12. The van der Waals surface area contributed by atoms with E-state index < -0.39 is 5.91 Å². The molecule has 0 heterocycles. The first-order valence-electron chi connectivity index (χ1n) is 9.93. The van der Waals surface area contributed by atoms with Crippen LogP contribution in [0.1, 0.15) is 18.1 Å². The number of hydrogen-bond acceptors (Lipinski definition) is 4. The minimum Gasteiger partial charge on any atom is -0.486 e. The van der Waals surface area contributed by atoms with Gasteiger partial charge in [-0.1, -0.05) is 53.0 Å². The quantitative estimate of drug-likeness (QED) is 0.270. The van der Waals surface area contributed by atoms with Gasteiger partial charge >= 0.3 is 0 Å². The summed E-state index contributed by atoms with van der Waals surface area (Å²) < 4.78 is 5.74. The standard InChI is InChI=1S/C25H18Cl3N3O3/c1-15(32)30-19-6-8-20(9-7-19)31-25(33)18(13-29)10-16-11-22(27)24(23(28)12-16)34-14-17-4-2-3-5-21(17)26/h2-12H,14H2,1H3,(H,30,32)(H,31,33). The number of halogens is 3. The number of amides is 2. The van der Waals surface area contributed by atoms with Crippen LogP contribution in [0.3, 0.4) is 0 Å². The third kappa shape index (κ3) is 6.75. The van der Waals surface area contributed by atoms with E-state index in [2.05, 4.69) is 10.6 Å². The van der Waals surface area contributed by atoms with E-state index in [4.69, 9.17) is 39.5 Å². The van der Waals surface area contributed by atoms with Crippen molar-refractivity contribution in [3.05, 3.63) is 92.4 Å². The van der Waals surface area contributed by atoms with Crippen LogP contribution < -0.4 is 15.4 Å². The predicted octanol–water partition coefficient (Wildman–Crippen LogP) is 6.73. The third-order valence-electron chi connectivity index (χ3n) is 4.49. The molecule has 2 N–H and O–H groups in total. The molecule has 9 heteroatoms. The minimum absolute atomic E-state index is 0.150. The summed E-state index contributed by atoms with van der Waals surface area (Å²) in [6, 6.07) is 18.7. The highest BCUT2D eigenvalue weighted by Gasteiger charge is 2.14. The molecule has 2 amide bonds. The van der Waals surface area contributed by atoms with Crippen LogP contribution in [0.15, 0.2) is 66.2 Å². The largest absolute Gasteiger partial charge is 0.486 e. The van der Waals surface area contributed by atoms with E-state index in [-0.39, 0.29) is 33.9 Å². The lowest BCUT2D eigenvalue weighted by Crippen LogP contribution is -2.13. The van der Waals surface area contributed by atoms with Crippen LogP contribution in [-0.4, -0.2) is 11.8 Å². The summed E-state index contributed by atoms with van der Waals surface area (Å²) >= 11 is 18.8. The fourth-order valence-electron chi connectivity index (χ4n) is 2.92. The van der Waals surface area contributed by atoms with Crippen LogP contribution in [0.5, 0.6) is 5.75 Å². The van der Waals surface area contributed by atoms with Crippen molar-refractivity contribution in [3.63, 3.8) is 0 Å². The third-order valence-corrected chi connectivity index (χ3v) is 5.42. The van der Waals surface area contributed by atoms with Gasteiger partial charge in [0.25, 0.3) is 5.91 Å². The predicted molar refractivity (Wildman–Crippen MR) is 135 cm³/mol. The number of anilines is 2. The Bertz CT molecular complexity index is 1280. The molecule has 0 aliphatic rings. The minimum atomic E-state index is -0.610. The van der Waals surface area contributed by atoms with Crippen LogP contribution in [-0.2, 0) is 16.2 Å². The van der Waals surface area contributed by atoms with Crippen molar-refractivity contribution in [2.45, 2.75) is 13.5 Å². The van der Waals surface area contributed by atoms with Crippen LogP contribution in [0.2, 0.25) is 15.1 Å². The number of nitrogens with zero attached hydrogens (tertiary/aromatic N) is 1. The molecule has 3 aromatic carbocycles. The summed E-state index contributed by atoms with van der Waals surface area (Å²) in [6.45, 7) is 1.57. The van der Waals surface area contributed by atoms with Gasteiger partial charge in [0, 0.05) is 28.9 Å². The normalized spacial score (nSPS) is 10.9. The Kier molecular flexibility index (Phi) is 8.55. The fourth-order valence-corrected chi connectivity index (χ4v) is 3.72. The molecule has 6 nitrogen and oxygen atoms in total. The molecule has 3 aromatic rings. The highest BCUT2D eigenvalue weighted by molar-refractivity contribution is 6.37. The Balaban J connectivity index is 1.73. The second-order valence-electron chi connectivity index (χ2n) is 7.08. The molecule has 0 bridgehead atoms. The number of hydrogen-bond donors (Lipinski definition) is 2. The number of nitrogens with one attached hydrogen (secondary N) is 2. The van der Waals surface area contributed by atoms with Gasteiger partial charge in [-0.3, -0.25) is 9.59 Å². The molecule has 34 heavy (non-hydrogen) atoms. The Hall–Kier alpha value is -3.50. The molecule has 0 aromatic heterocycles.